The van der Waals surface area contributed by atoms with Gasteiger partial charge in [-0.15, -0.1) is 0 Å². The van der Waals surface area contributed by atoms with E-state index in [0.717, 1.165) is 70.6 Å². The predicted octanol–water partition coefficient (Wildman–Crippen LogP) is 2.69. The molecule has 174 valence electrons. The molecule has 0 aliphatic carbocycles. The van der Waals surface area contributed by atoms with Crippen molar-refractivity contribution in [3.8, 4) is 5.75 Å². The van der Waals surface area contributed by atoms with E-state index >= 15 is 0 Å². The van der Waals surface area contributed by atoms with E-state index in [-0.39, 0.29) is 0 Å². The first kappa shape index (κ1) is 23.8. The van der Waals surface area contributed by atoms with Crippen LogP contribution in [-0.4, -0.2) is 78.1 Å². The van der Waals surface area contributed by atoms with Gasteiger partial charge < -0.3 is 24.8 Å². The Hall–Kier alpha value is -1.83. The second-order valence-electron chi connectivity index (χ2n) is 8.64. The van der Waals surface area contributed by atoms with Crippen molar-refractivity contribution < 1.29 is 14.2 Å². The van der Waals surface area contributed by atoms with Crippen molar-refractivity contribution in [1.82, 2.24) is 15.5 Å². The summed E-state index contributed by atoms with van der Waals surface area (Å²) in [6.45, 7) is 6.21. The topological polar surface area (TPSA) is 67.4 Å². The van der Waals surface area contributed by atoms with E-state index in [0.29, 0.717) is 17.9 Å². The molecule has 0 aromatic heterocycles. The fourth-order valence-corrected chi connectivity index (χ4v) is 4.60. The number of ether oxygens (including phenoxy) is 3. The second kappa shape index (κ2) is 12.9. The standard InChI is InChI=1S/C24H40N4O3/c1-25-24(26-12-5-14-30-17-19-11-15-31-18-19)27-16-21-6-4-13-28(2)23(21)20-7-9-22(29-3)10-8-20/h7-10,19,21,23H,4-6,11-18H2,1-3H3,(H2,25,26,27). The molecule has 2 fully saturated rings. The molecule has 0 radical (unpaired) electrons. The maximum Gasteiger partial charge on any atom is 0.190 e. The van der Waals surface area contributed by atoms with Gasteiger partial charge in [0.05, 0.1) is 20.3 Å². The molecule has 1 aromatic carbocycles. The number of methoxy groups -OCH3 is 1. The number of rotatable bonds is 10. The van der Waals surface area contributed by atoms with Crippen LogP contribution in [0.2, 0.25) is 0 Å². The van der Waals surface area contributed by atoms with E-state index in [1.54, 1.807) is 7.11 Å². The normalized spacial score (nSPS) is 24.9. The Morgan fingerprint density at radius 3 is 2.77 bits per heavy atom. The number of aliphatic imine (C=N–C) groups is 1. The molecule has 7 nitrogen and oxygen atoms in total. The Morgan fingerprint density at radius 2 is 2.06 bits per heavy atom. The van der Waals surface area contributed by atoms with Gasteiger partial charge in [-0.1, -0.05) is 12.1 Å². The van der Waals surface area contributed by atoms with Gasteiger partial charge in [-0.2, -0.15) is 0 Å². The number of guanidine groups is 1. The van der Waals surface area contributed by atoms with Crippen molar-refractivity contribution in [2.75, 3.05) is 67.3 Å². The SMILES string of the molecule is CN=C(NCCCOCC1CCOC1)NCC1CCCN(C)C1c1ccc(OC)cc1. The monoisotopic (exact) mass is 432 g/mol. The molecular weight excluding hydrogens is 392 g/mol. The number of benzene rings is 1. The largest absolute Gasteiger partial charge is 0.497 e. The highest BCUT2D eigenvalue weighted by Crippen LogP contribution is 2.35. The Kier molecular flexibility index (Phi) is 9.90. The maximum atomic E-state index is 5.78. The van der Waals surface area contributed by atoms with Crippen molar-refractivity contribution in [2.24, 2.45) is 16.8 Å². The predicted molar refractivity (Wildman–Crippen MR) is 125 cm³/mol. The molecular formula is C24H40N4O3. The van der Waals surface area contributed by atoms with E-state index in [2.05, 4.69) is 51.8 Å². The lowest BCUT2D eigenvalue weighted by atomic mass is 9.85. The fraction of sp³-hybridized carbons (Fsp3) is 0.708. The molecule has 2 aliphatic rings. The molecule has 0 amide bonds. The number of piperidine rings is 1. The fourth-order valence-electron chi connectivity index (χ4n) is 4.60. The van der Waals surface area contributed by atoms with Crippen LogP contribution in [-0.2, 0) is 9.47 Å². The molecule has 31 heavy (non-hydrogen) atoms. The average Bonchev–Trinajstić information content (AvgIpc) is 3.32. The molecule has 3 rings (SSSR count). The molecule has 0 spiro atoms. The molecule has 2 saturated heterocycles. The van der Waals surface area contributed by atoms with Gasteiger partial charge in [0.2, 0.25) is 0 Å². The zero-order chi connectivity index (χ0) is 21.9. The van der Waals surface area contributed by atoms with Gasteiger partial charge in [0.1, 0.15) is 5.75 Å². The van der Waals surface area contributed by atoms with Crippen molar-refractivity contribution in [3.63, 3.8) is 0 Å². The third-order valence-electron chi connectivity index (χ3n) is 6.36. The number of hydrogen-bond donors (Lipinski definition) is 2. The van der Waals surface area contributed by atoms with Crippen LogP contribution in [0.1, 0.15) is 37.3 Å². The van der Waals surface area contributed by atoms with Gasteiger partial charge in [-0.25, -0.2) is 0 Å². The quantitative estimate of drug-likeness (QED) is 0.337. The lowest BCUT2D eigenvalue weighted by Crippen LogP contribution is -2.45. The molecule has 2 heterocycles. The van der Waals surface area contributed by atoms with Gasteiger partial charge >= 0.3 is 0 Å². The molecule has 0 bridgehead atoms. The van der Waals surface area contributed by atoms with Crippen LogP contribution in [0.3, 0.4) is 0 Å². The third-order valence-corrected chi connectivity index (χ3v) is 6.36. The summed E-state index contributed by atoms with van der Waals surface area (Å²) in [6.07, 6.45) is 4.53. The van der Waals surface area contributed by atoms with Crippen molar-refractivity contribution in [3.05, 3.63) is 29.8 Å². The van der Waals surface area contributed by atoms with Gasteiger partial charge in [0.15, 0.2) is 5.96 Å². The summed E-state index contributed by atoms with van der Waals surface area (Å²) in [7, 11) is 5.77. The minimum atomic E-state index is 0.401. The third kappa shape index (κ3) is 7.37. The van der Waals surface area contributed by atoms with Crippen molar-refractivity contribution in [1.29, 1.82) is 0 Å². The van der Waals surface area contributed by atoms with Crippen molar-refractivity contribution in [2.45, 2.75) is 31.7 Å². The first-order valence-corrected chi connectivity index (χ1v) is 11.7. The summed E-state index contributed by atoms with van der Waals surface area (Å²) in [4.78, 5) is 6.87. The minimum Gasteiger partial charge on any atom is -0.497 e. The van der Waals surface area contributed by atoms with Gasteiger partial charge in [-0.3, -0.25) is 9.89 Å². The van der Waals surface area contributed by atoms with Gasteiger partial charge in [0, 0.05) is 45.3 Å². The van der Waals surface area contributed by atoms with E-state index in [1.807, 2.05) is 7.05 Å². The molecule has 3 atom stereocenters. The summed E-state index contributed by atoms with van der Waals surface area (Å²) in [6, 6.07) is 8.92. The Bertz CT molecular complexity index is 661. The Morgan fingerprint density at radius 1 is 1.23 bits per heavy atom. The minimum absolute atomic E-state index is 0.401. The summed E-state index contributed by atoms with van der Waals surface area (Å²) in [5, 5.41) is 6.97. The molecule has 0 saturated carbocycles. The summed E-state index contributed by atoms with van der Waals surface area (Å²) >= 11 is 0. The molecule has 7 heteroatoms. The zero-order valence-corrected chi connectivity index (χ0v) is 19.4. The summed E-state index contributed by atoms with van der Waals surface area (Å²) in [5.41, 5.74) is 1.35. The van der Waals surface area contributed by atoms with Crippen LogP contribution in [0.4, 0.5) is 0 Å². The highest BCUT2D eigenvalue weighted by Gasteiger charge is 2.30. The molecule has 1 aromatic rings. The van der Waals surface area contributed by atoms with Crippen LogP contribution in [0.5, 0.6) is 5.75 Å². The molecule has 2 aliphatic heterocycles. The summed E-state index contributed by atoms with van der Waals surface area (Å²) < 4.78 is 16.5. The Balaban J connectivity index is 1.41. The highest BCUT2D eigenvalue weighted by atomic mass is 16.5. The van der Waals surface area contributed by atoms with E-state index < -0.39 is 0 Å². The number of hydrogen-bond acceptors (Lipinski definition) is 5. The number of nitrogens with zero attached hydrogens (tertiary/aromatic N) is 2. The van der Waals surface area contributed by atoms with Crippen molar-refractivity contribution >= 4 is 5.96 Å². The van der Waals surface area contributed by atoms with Crippen LogP contribution >= 0.6 is 0 Å². The van der Waals surface area contributed by atoms with E-state index in [4.69, 9.17) is 14.2 Å². The molecule has 3 unspecified atom stereocenters. The van der Waals surface area contributed by atoms with Crippen LogP contribution in [0, 0.1) is 11.8 Å². The van der Waals surface area contributed by atoms with Crippen LogP contribution in [0.25, 0.3) is 0 Å². The van der Waals surface area contributed by atoms with Gasteiger partial charge in [0.25, 0.3) is 0 Å². The zero-order valence-electron chi connectivity index (χ0n) is 19.4. The van der Waals surface area contributed by atoms with Gasteiger partial charge in [-0.05, 0) is 62.9 Å². The van der Waals surface area contributed by atoms with E-state index in [1.165, 1.54) is 18.4 Å². The first-order chi connectivity index (χ1) is 15.2. The highest BCUT2D eigenvalue weighted by molar-refractivity contribution is 5.79. The first-order valence-electron chi connectivity index (χ1n) is 11.7. The number of nitrogens with one attached hydrogen (secondary N) is 2. The van der Waals surface area contributed by atoms with Crippen LogP contribution < -0.4 is 15.4 Å². The smallest absolute Gasteiger partial charge is 0.190 e. The maximum absolute atomic E-state index is 5.78. The molecule has 2 N–H and O–H groups in total. The van der Waals surface area contributed by atoms with E-state index in [9.17, 15) is 0 Å². The lowest BCUT2D eigenvalue weighted by molar-refractivity contribution is 0.0887. The Labute approximate surface area is 187 Å². The number of likely N-dealkylation sites (tertiary alicyclic amines) is 1. The average molecular weight is 433 g/mol. The van der Waals surface area contributed by atoms with Crippen LogP contribution in [0.15, 0.2) is 29.3 Å². The second-order valence-corrected chi connectivity index (χ2v) is 8.64. The summed E-state index contributed by atoms with van der Waals surface area (Å²) in [5.74, 6) is 2.88. The lowest BCUT2D eigenvalue weighted by Gasteiger charge is -2.40.